The minimum Gasteiger partial charge on any atom is -0.342 e. The first-order valence-corrected chi connectivity index (χ1v) is 11.4. The van der Waals surface area contributed by atoms with Crippen LogP contribution in [-0.2, 0) is 16.1 Å². The van der Waals surface area contributed by atoms with E-state index in [2.05, 4.69) is 26.2 Å². The third-order valence-electron chi connectivity index (χ3n) is 5.91. The zero-order valence-electron chi connectivity index (χ0n) is 17.6. The summed E-state index contributed by atoms with van der Waals surface area (Å²) in [6.07, 6.45) is 5.86. The molecular weight excluding hydrogens is 448 g/mol. The van der Waals surface area contributed by atoms with Crippen LogP contribution in [-0.4, -0.2) is 44.9 Å². The van der Waals surface area contributed by atoms with Gasteiger partial charge in [-0.25, -0.2) is 4.98 Å². The normalized spacial score (nSPS) is 15.7. The fourth-order valence-corrected chi connectivity index (χ4v) is 4.56. The van der Waals surface area contributed by atoms with Gasteiger partial charge >= 0.3 is 0 Å². The highest BCUT2D eigenvalue weighted by Crippen LogP contribution is 2.30. The van der Waals surface area contributed by atoms with Gasteiger partial charge in [-0.2, -0.15) is 0 Å². The van der Waals surface area contributed by atoms with Gasteiger partial charge in [-0.05, 0) is 44.9 Å². The average molecular weight is 477 g/mol. The summed E-state index contributed by atoms with van der Waals surface area (Å²) >= 11 is 3.38. The number of carbonyl (C=O) groups is 2. The van der Waals surface area contributed by atoms with Crippen molar-refractivity contribution in [1.82, 2.24) is 19.8 Å². The van der Waals surface area contributed by atoms with Crippen LogP contribution >= 0.6 is 15.9 Å². The van der Waals surface area contributed by atoms with Crippen LogP contribution in [0.25, 0.3) is 10.9 Å². The molecule has 0 radical (unpaired) electrons. The first-order chi connectivity index (χ1) is 14.4. The number of halogens is 1. The molecule has 1 N–H and O–H groups in total. The summed E-state index contributed by atoms with van der Waals surface area (Å²) in [5.41, 5.74) is -0.380. The number of hydrogen-bond acceptors (Lipinski definition) is 4. The lowest BCUT2D eigenvalue weighted by Gasteiger charge is -2.40. The number of amides is 2. The van der Waals surface area contributed by atoms with Gasteiger partial charge in [0.25, 0.3) is 5.56 Å². The number of carbonyl (C=O) groups excluding carboxylic acids is 2. The number of rotatable bonds is 7. The van der Waals surface area contributed by atoms with Crippen LogP contribution in [0.5, 0.6) is 0 Å². The highest BCUT2D eigenvalue weighted by molar-refractivity contribution is 9.10. The SMILES string of the molecule is CCN(CC)C(=O)C1(NC(=O)CCn2cnc3ccc(Br)cc3c2=O)CCCCC1. The Morgan fingerprint density at radius 3 is 2.57 bits per heavy atom. The molecule has 2 amide bonds. The van der Waals surface area contributed by atoms with Crippen molar-refractivity contribution in [3.8, 4) is 0 Å². The smallest absolute Gasteiger partial charge is 0.261 e. The molecular formula is C22H29BrN4O3. The monoisotopic (exact) mass is 476 g/mol. The fraction of sp³-hybridized carbons (Fsp3) is 0.545. The molecule has 1 fully saturated rings. The Morgan fingerprint density at radius 2 is 1.90 bits per heavy atom. The second-order valence-electron chi connectivity index (χ2n) is 7.82. The quantitative estimate of drug-likeness (QED) is 0.664. The molecule has 1 aliphatic rings. The van der Waals surface area contributed by atoms with Gasteiger partial charge in [-0.15, -0.1) is 0 Å². The van der Waals surface area contributed by atoms with Gasteiger partial charge in [0.15, 0.2) is 0 Å². The number of nitrogens with zero attached hydrogens (tertiary/aromatic N) is 3. The molecule has 30 heavy (non-hydrogen) atoms. The standard InChI is InChI=1S/C22H29BrN4O3/c1-3-26(4-2)21(30)22(11-6-5-7-12-22)25-19(28)10-13-27-15-24-18-9-8-16(23)14-17(18)20(27)29/h8-9,14-15H,3-7,10-13H2,1-2H3,(H,25,28). The number of aromatic nitrogens is 2. The van der Waals surface area contributed by atoms with Crippen LogP contribution in [0.3, 0.4) is 0 Å². The Morgan fingerprint density at radius 1 is 1.20 bits per heavy atom. The molecule has 1 aromatic heterocycles. The third-order valence-corrected chi connectivity index (χ3v) is 6.40. The second kappa shape index (κ2) is 9.73. The molecule has 0 atom stereocenters. The maximum absolute atomic E-state index is 13.2. The predicted octanol–water partition coefficient (Wildman–Crippen LogP) is 3.24. The lowest BCUT2D eigenvalue weighted by molar-refractivity contribution is -0.143. The van der Waals surface area contributed by atoms with E-state index in [4.69, 9.17) is 0 Å². The van der Waals surface area contributed by atoms with Crippen LogP contribution in [0.4, 0.5) is 0 Å². The van der Waals surface area contributed by atoms with Crippen molar-refractivity contribution in [1.29, 1.82) is 0 Å². The van der Waals surface area contributed by atoms with Crippen LogP contribution in [0.1, 0.15) is 52.4 Å². The van der Waals surface area contributed by atoms with Crippen molar-refractivity contribution in [2.24, 2.45) is 0 Å². The summed E-state index contributed by atoms with van der Waals surface area (Å²) in [5, 5.41) is 3.55. The zero-order valence-corrected chi connectivity index (χ0v) is 19.2. The van der Waals surface area contributed by atoms with E-state index in [0.29, 0.717) is 36.8 Å². The number of aryl methyl sites for hydroxylation is 1. The summed E-state index contributed by atoms with van der Waals surface area (Å²) in [5.74, 6) is -0.200. The van der Waals surface area contributed by atoms with Crippen molar-refractivity contribution in [3.05, 3.63) is 39.4 Å². The summed E-state index contributed by atoms with van der Waals surface area (Å²) in [7, 11) is 0. The Bertz CT molecular complexity index is 978. The molecule has 3 rings (SSSR count). The van der Waals surface area contributed by atoms with E-state index in [-0.39, 0.29) is 30.3 Å². The van der Waals surface area contributed by atoms with Crippen LogP contribution in [0, 0.1) is 0 Å². The van der Waals surface area contributed by atoms with Gasteiger partial charge in [-0.1, -0.05) is 35.2 Å². The third kappa shape index (κ3) is 4.74. The van der Waals surface area contributed by atoms with Gasteiger partial charge in [0, 0.05) is 30.5 Å². The first kappa shape index (κ1) is 22.5. The van der Waals surface area contributed by atoms with Gasteiger partial charge in [0.1, 0.15) is 5.54 Å². The van der Waals surface area contributed by atoms with Crippen LogP contribution in [0.2, 0.25) is 0 Å². The summed E-state index contributed by atoms with van der Waals surface area (Å²) in [4.78, 5) is 44.8. The largest absolute Gasteiger partial charge is 0.342 e. The zero-order chi connectivity index (χ0) is 21.7. The van der Waals surface area contributed by atoms with Crippen molar-refractivity contribution in [3.63, 3.8) is 0 Å². The molecule has 162 valence electrons. The summed E-state index contributed by atoms with van der Waals surface area (Å²) in [6, 6.07) is 5.35. The molecule has 8 heteroatoms. The molecule has 2 aromatic rings. The molecule has 1 saturated carbocycles. The molecule has 1 heterocycles. The number of benzene rings is 1. The van der Waals surface area contributed by atoms with Crippen molar-refractivity contribution in [2.45, 2.75) is 64.5 Å². The summed E-state index contributed by atoms with van der Waals surface area (Å²) < 4.78 is 2.26. The van der Waals surface area contributed by atoms with E-state index < -0.39 is 5.54 Å². The second-order valence-corrected chi connectivity index (χ2v) is 8.74. The number of likely N-dealkylation sites (N-methyl/N-ethyl adjacent to an activating group) is 1. The van der Waals surface area contributed by atoms with Gasteiger partial charge < -0.3 is 10.2 Å². The molecule has 0 unspecified atom stereocenters. The highest BCUT2D eigenvalue weighted by Gasteiger charge is 2.42. The lowest BCUT2D eigenvalue weighted by Crippen LogP contribution is -2.60. The highest BCUT2D eigenvalue weighted by atomic mass is 79.9. The van der Waals surface area contributed by atoms with Crippen molar-refractivity contribution >= 4 is 38.6 Å². The Hall–Kier alpha value is -2.22. The maximum atomic E-state index is 13.2. The van der Waals surface area contributed by atoms with E-state index >= 15 is 0 Å². The molecule has 7 nitrogen and oxygen atoms in total. The van der Waals surface area contributed by atoms with Crippen LogP contribution in [0.15, 0.2) is 33.8 Å². The molecule has 0 bridgehead atoms. The minimum absolute atomic E-state index is 0.00920. The maximum Gasteiger partial charge on any atom is 0.261 e. The number of hydrogen-bond donors (Lipinski definition) is 1. The van der Waals surface area contributed by atoms with Gasteiger partial charge in [0.05, 0.1) is 17.2 Å². The minimum atomic E-state index is -0.821. The molecule has 0 spiro atoms. The van der Waals surface area contributed by atoms with E-state index in [1.54, 1.807) is 17.0 Å². The fourth-order valence-electron chi connectivity index (χ4n) is 4.20. The first-order valence-electron chi connectivity index (χ1n) is 10.7. The Balaban J connectivity index is 1.73. The van der Waals surface area contributed by atoms with Crippen molar-refractivity contribution < 1.29 is 9.59 Å². The molecule has 1 aliphatic carbocycles. The lowest BCUT2D eigenvalue weighted by atomic mass is 9.80. The number of nitrogens with one attached hydrogen (secondary N) is 1. The van der Waals surface area contributed by atoms with Crippen molar-refractivity contribution in [2.75, 3.05) is 13.1 Å². The van der Waals surface area contributed by atoms with E-state index in [1.807, 2.05) is 19.9 Å². The topological polar surface area (TPSA) is 84.3 Å². The summed E-state index contributed by atoms with van der Waals surface area (Å²) in [6.45, 7) is 5.38. The molecule has 0 saturated heterocycles. The van der Waals surface area contributed by atoms with Gasteiger partial charge in [0.2, 0.25) is 11.8 Å². The average Bonchev–Trinajstić information content (AvgIpc) is 2.75. The van der Waals surface area contributed by atoms with Crippen LogP contribution < -0.4 is 10.9 Å². The van der Waals surface area contributed by atoms with Gasteiger partial charge in [-0.3, -0.25) is 19.0 Å². The number of fused-ring (bicyclic) bond motifs is 1. The Labute approximate surface area is 185 Å². The molecule has 0 aliphatic heterocycles. The Kier molecular flexibility index (Phi) is 7.28. The van der Waals surface area contributed by atoms with E-state index in [9.17, 15) is 14.4 Å². The molecule has 1 aromatic carbocycles. The predicted molar refractivity (Wildman–Crippen MR) is 120 cm³/mol. The van der Waals surface area contributed by atoms with E-state index in [1.165, 1.54) is 10.9 Å². The van der Waals surface area contributed by atoms with E-state index in [0.717, 1.165) is 23.7 Å².